The van der Waals surface area contributed by atoms with Gasteiger partial charge in [-0.2, -0.15) is 0 Å². The first-order valence-electron chi connectivity index (χ1n) is 6.47. The average molecular weight is 276 g/mol. The highest BCUT2D eigenvalue weighted by atomic mass is 16.4. The van der Waals surface area contributed by atoms with E-state index < -0.39 is 5.97 Å². The van der Waals surface area contributed by atoms with Crippen molar-refractivity contribution >= 4 is 17.8 Å². The number of carbonyl (C=O) groups excluding carboxylic acids is 2. The predicted molar refractivity (Wildman–Crippen MR) is 71.5 cm³/mol. The van der Waals surface area contributed by atoms with E-state index in [0.717, 1.165) is 25.9 Å². The highest BCUT2D eigenvalue weighted by Crippen LogP contribution is 2.07. The van der Waals surface area contributed by atoms with Crippen LogP contribution in [0.5, 0.6) is 0 Å². The van der Waals surface area contributed by atoms with Crippen LogP contribution in [0.3, 0.4) is 0 Å². The Morgan fingerprint density at radius 2 is 1.60 bits per heavy atom. The Balaban J connectivity index is 1.88. The normalized spacial score (nSPS) is 14.1. The molecule has 1 aliphatic rings. The minimum Gasteiger partial charge on any atom is -0.478 e. The smallest absolute Gasteiger partial charge is 0.335 e. The molecule has 6 nitrogen and oxygen atoms in total. The molecule has 0 atom stereocenters. The van der Waals surface area contributed by atoms with Crippen molar-refractivity contribution in [1.82, 2.24) is 10.2 Å². The van der Waals surface area contributed by atoms with Crippen LogP contribution in [0.25, 0.3) is 0 Å². The first-order valence-corrected chi connectivity index (χ1v) is 6.47. The van der Waals surface area contributed by atoms with E-state index in [0.29, 0.717) is 5.56 Å². The van der Waals surface area contributed by atoms with Crippen LogP contribution in [0.1, 0.15) is 33.6 Å². The molecule has 2 rings (SSSR count). The van der Waals surface area contributed by atoms with E-state index in [1.165, 1.54) is 24.3 Å². The summed E-state index contributed by atoms with van der Waals surface area (Å²) in [5.41, 5.74) is 0.457. The predicted octanol–water partition coefficient (Wildman–Crippen LogP) is 0.737. The van der Waals surface area contributed by atoms with Crippen molar-refractivity contribution in [3.05, 3.63) is 35.4 Å². The van der Waals surface area contributed by atoms with Gasteiger partial charge in [0.25, 0.3) is 5.91 Å². The van der Waals surface area contributed by atoms with Crippen LogP contribution in [-0.4, -0.2) is 47.4 Å². The first-order chi connectivity index (χ1) is 9.58. The molecule has 0 radical (unpaired) electrons. The summed E-state index contributed by atoms with van der Waals surface area (Å²) in [7, 11) is 0. The zero-order valence-corrected chi connectivity index (χ0v) is 11.0. The van der Waals surface area contributed by atoms with E-state index in [9.17, 15) is 14.4 Å². The number of carboxylic acid groups (broad SMARTS) is 1. The molecule has 2 N–H and O–H groups in total. The van der Waals surface area contributed by atoms with E-state index in [4.69, 9.17) is 5.11 Å². The lowest BCUT2D eigenvalue weighted by molar-refractivity contribution is -0.129. The van der Waals surface area contributed by atoms with Crippen LogP contribution in [0.2, 0.25) is 0 Å². The quantitative estimate of drug-likeness (QED) is 0.849. The highest BCUT2D eigenvalue weighted by molar-refractivity contribution is 5.97. The molecule has 1 heterocycles. The molecule has 0 aromatic heterocycles. The molecule has 106 valence electrons. The van der Waals surface area contributed by atoms with Gasteiger partial charge in [0, 0.05) is 18.7 Å². The lowest BCUT2D eigenvalue weighted by atomic mass is 10.1. The largest absolute Gasteiger partial charge is 0.478 e. The van der Waals surface area contributed by atoms with Gasteiger partial charge in [-0.25, -0.2) is 4.79 Å². The van der Waals surface area contributed by atoms with Gasteiger partial charge in [-0.1, -0.05) is 0 Å². The second kappa shape index (κ2) is 6.18. The summed E-state index contributed by atoms with van der Waals surface area (Å²) in [6.07, 6.45) is 2.02. The second-order valence-electron chi connectivity index (χ2n) is 4.65. The van der Waals surface area contributed by atoms with Crippen molar-refractivity contribution in [3.63, 3.8) is 0 Å². The maximum Gasteiger partial charge on any atom is 0.335 e. The monoisotopic (exact) mass is 276 g/mol. The number of hydrogen-bond acceptors (Lipinski definition) is 3. The van der Waals surface area contributed by atoms with Crippen LogP contribution in [0, 0.1) is 0 Å². The number of rotatable bonds is 4. The summed E-state index contributed by atoms with van der Waals surface area (Å²) in [5.74, 6) is -1.51. The molecule has 20 heavy (non-hydrogen) atoms. The maximum atomic E-state index is 11.8. The Morgan fingerprint density at radius 3 is 2.15 bits per heavy atom. The third-order valence-electron chi connectivity index (χ3n) is 3.25. The molecule has 1 fully saturated rings. The second-order valence-corrected chi connectivity index (χ2v) is 4.65. The number of carboxylic acids is 1. The van der Waals surface area contributed by atoms with Crippen LogP contribution in [0.4, 0.5) is 0 Å². The molecule has 1 aliphatic heterocycles. The van der Waals surface area contributed by atoms with Gasteiger partial charge in [-0.05, 0) is 37.1 Å². The molecule has 0 spiro atoms. The maximum absolute atomic E-state index is 11.8. The van der Waals surface area contributed by atoms with E-state index in [1.54, 1.807) is 4.90 Å². The third-order valence-corrected chi connectivity index (χ3v) is 3.25. The molecule has 1 aromatic rings. The molecule has 6 heteroatoms. The summed E-state index contributed by atoms with van der Waals surface area (Å²) in [6, 6.07) is 5.58. The number of carbonyl (C=O) groups is 3. The van der Waals surface area contributed by atoms with Crippen LogP contribution >= 0.6 is 0 Å². The van der Waals surface area contributed by atoms with Crippen LogP contribution in [-0.2, 0) is 4.79 Å². The van der Waals surface area contributed by atoms with Crippen LogP contribution in [0.15, 0.2) is 24.3 Å². The number of nitrogens with one attached hydrogen (secondary N) is 1. The standard InChI is InChI=1S/C14H16N2O4/c17-12(16-7-1-2-8-16)9-15-13(18)10-3-5-11(6-4-10)14(19)20/h3-6H,1-2,7-9H2,(H,15,18)(H,19,20). The van der Waals surface area contributed by atoms with Crippen LogP contribution < -0.4 is 5.32 Å². The topological polar surface area (TPSA) is 86.7 Å². The first kappa shape index (κ1) is 14.0. The summed E-state index contributed by atoms with van der Waals surface area (Å²) < 4.78 is 0. The van der Waals surface area contributed by atoms with Crippen molar-refractivity contribution < 1.29 is 19.5 Å². The summed E-state index contributed by atoms with van der Waals surface area (Å²) in [6.45, 7) is 1.48. The third kappa shape index (κ3) is 3.34. The van der Waals surface area contributed by atoms with Gasteiger partial charge in [0.2, 0.25) is 5.91 Å². The Kier molecular flexibility index (Phi) is 4.34. The Morgan fingerprint density at radius 1 is 1.05 bits per heavy atom. The fourth-order valence-electron chi connectivity index (χ4n) is 2.10. The minimum atomic E-state index is -1.04. The fraction of sp³-hybridized carbons (Fsp3) is 0.357. The Hall–Kier alpha value is -2.37. The van der Waals surface area contributed by atoms with E-state index in [-0.39, 0.29) is 23.9 Å². The Labute approximate surface area is 116 Å². The van der Waals surface area contributed by atoms with Crippen molar-refractivity contribution in [2.45, 2.75) is 12.8 Å². The lowest BCUT2D eigenvalue weighted by Crippen LogP contribution is -2.38. The van der Waals surface area contributed by atoms with Crippen molar-refractivity contribution in [3.8, 4) is 0 Å². The molecule has 0 aliphatic carbocycles. The molecule has 1 aromatic carbocycles. The van der Waals surface area contributed by atoms with Gasteiger partial charge in [0.15, 0.2) is 0 Å². The molecule has 0 bridgehead atoms. The SMILES string of the molecule is O=C(O)c1ccc(C(=O)NCC(=O)N2CCCC2)cc1. The van der Waals surface area contributed by atoms with Crippen molar-refractivity contribution in [1.29, 1.82) is 0 Å². The van der Waals surface area contributed by atoms with E-state index >= 15 is 0 Å². The number of nitrogens with zero attached hydrogens (tertiary/aromatic N) is 1. The Bertz CT molecular complexity index is 518. The van der Waals surface area contributed by atoms with Gasteiger partial charge in [-0.3, -0.25) is 9.59 Å². The molecule has 0 unspecified atom stereocenters. The summed E-state index contributed by atoms with van der Waals surface area (Å²) in [5, 5.41) is 11.3. The molecule has 0 saturated carbocycles. The van der Waals surface area contributed by atoms with Crippen molar-refractivity contribution in [2.24, 2.45) is 0 Å². The van der Waals surface area contributed by atoms with E-state index in [1.807, 2.05) is 0 Å². The van der Waals surface area contributed by atoms with Gasteiger partial charge in [0.1, 0.15) is 0 Å². The van der Waals surface area contributed by atoms with Gasteiger partial charge >= 0.3 is 5.97 Å². The lowest BCUT2D eigenvalue weighted by Gasteiger charge is -2.15. The van der Waals surface area contributed by atoms with Gasteiger partial charge in [-0.15, -0.1) is 0 Å². The fourth-order valence-corrected chi connectivity index (χ4v) is 2.10. The minimum absolute atomic E-state index is 0.0283. The number of aromatic carboxylic acids is 1. The molecular weight excluding hydrogens is 260 g/mol. The van der Waals surface area contributed by atoms with E-state index in [2.05, 4.69) is 5.32 Å². The molecule has 2 amide bonds. The van der Waals surface area contributed by atoms with Gasteiger partial charge < -0.3 is 15.3 Å². The number of hydrogen-bond donors (Lipinski definition) is 2. The number of amides is 2. The zero-order chi connectivity index (χ0) is 14.5. The molecular formula is C14H16N2O4. The number of likely N-dealkylation sites (tertiary alicyclic amines) is 1. The zero-order valence-electron chi connectivity index (χ0n) is 11.0. The summed E-state index contributed by atoms with van der Waals surface area (Å²) in [4.78, 5) is 36.0. The number of benzene rings is 1. The average Bonchev–Trinajstić information content (AvgIpc) is 2.98. The van der Waals surface area contributed by atoms with Gasteiger partial charge in [0.05, 0.1) is 12.1 Å². The molecule has 1 saturated heterocycles. The highest BCUT2D eigenvalue weighted by Gasteiger charge is 2.18. The van der Waals surface area contributed by atoms with Crippen molar-refractivity contribution in [2.75, 3.05) is 19.6 Å². The summed E-state index contributed by atoms with van der Waals surface area (Å²) >= 11 is 0.